The molecule has 0 radical (unpaired) electrons. The normalized spacial score (nSPS) is 23.0. The fourth-order valence-corrected chi connectivity index (χ4v) is 4.29. The van der Waals surface area contributed by atoms with E-state index in [0.717, 1.165) is 62.4 Å². The standard InChI is InChI=1S/C21H30ClN7/c22-18-13-27-21(28-17-3-1-16(23)2-4-17)29-20(18)15-7-10-25-19(11-15)26-12-14-5-8-24-9-6-14/h7,10-11,13-14,16-17,24H,1-6,8-9,12,23H2,(H,25,26)(H,27,28,29)/t16-,17-. The van der Waals surface area contributed by atoms with E-state index in [4.69, 9.17) is 22.3 Å². The molecule has 0 aromatic carbocycles. The summed E-state index contributed by atoms with van der Waals surface area (Å²) >= 11 is 6.43. The quantitative estimate of drug-likeness (QED) is 0.574. The lowest BCUT2D eigenvalue weighted by Crippen LogP contribution is -2.33. The highest BCUT2D eigenvalue weighted by Gasteiger charge is 2.20. The second-order valence-corrected chi connectivity index (χ2v) is 8.56. The van der Waals surface area contributed by atoms with Crippen LogP contribution in [-0.2, 0) is 0 Å². The van der Waals surface area contributed by atoms with Crippen molar-refractivity contribution in [1.29, 1.82) is 0 Å². The average molecular weight is 416 g/mol. The minimum Gasteiger partial charge on any atom is -0.370 e. The van der Waals surface area contributed by atoms with E-state index in [1.807, 2.05) is 12.1 Å². The first-order valence-corrected chi connectivity index (χ1v) is 11.0. The summed E-state index contributed by atoms with van der Waals surface area (Å²) in [6.45, 7) is 3.13. The molecule has 0 bridgehead atoms. The van der Waals surface area contributed by atoms with E-state index in [1.54, 1.807) is 12.4 Å². The van der Waals surface area contributed by atoms with E-state index >= 15 is 0 Å². The smallest absolute Gasteiger partial charge is 0.223 e. The minimum absolute atomic E-state index is 0.322. The fraction of sp³-hybridized carbons (Fsp3) is 0.571. The summed E-state index contributed by atoms with van der Waals surface area (Å²) in [5.74, 6) is 2.15. The van der Waals surface area contributed by atoms with Crippen molar-refractivity contribution in [3.63, 3.8) is 0 Å². The maximum Gasteiger partial charge on any atom is 0.223 e. The van der Waals surface area contributed by atoms with Gasteiger partial charge in [0.15, 0.2) is 0 Å². The molecule has 1 aliphatic carbocycles. The second kappa shape index (κ2) is 9.69. The molecule has 2 aliphatic rings. The van der Waals surface area contributed by atoms with Crippen molar-refractivity contribution in [2.75, 3.05) is 30.3 Å². The molecule has 3 heterocycles. The molecule has 8 heteroatoms. The number of pyridine rings is 1. The molecule has 0 unspecified atom stereocenters. The number of aromatic nitrogens is 3. The van der Waals surface area contributed by atoms with Gasteiger partial charge in [-0.2, -0.15) is 0 Å². The molecule has 2 aromatic rings. The molecule has 1 aliphatic heterocycles. The number of nitrogens with two attached hydrogens (primary N) is 1. The van der Waals surface area contributed by atoms with Crippen LogP contribution in [0.3, 0.4) is 0 Å². The van der Waals surface area contributed by atoms with E-state index in [0.29, 0.717) is 29.0 Å². The Kier molecular flexibility index (Phi) is 6.79. The van der Waals surface area contributed by atoms with Gasteiger partial charge in [-0.25, -0.2) is 15.0 Å². The fourth-order valence-electron chi connectivity index (χ4n) is 4.09. The van der Waals surface area contributed by atoms with Crippen molar-refractivity contribution < 1.29 is 0 Å². The van der Waals surface area contributed by atoms with Crippen LogP contribution in [0.5, 0.6) is 0 Å². The SMILES string of the molecule is N[C@H]1CC[C@H](Nc2ncc(Cl)c(-c3ccnc(NCC4CCNCC4)c3)n2)CC1. The molecule has 0 atom stereocenters. The van der Waals surface area contributed by atoms with Crippen LogP contribution in [0.25, 0.3) is 11.3 Å². The van der Waals surface area contributed by atoms with Gasteiger partial charge in [0.25, 0.3) is 0 Å². The number of rotatable bonds is 6. The van der Waals surface area contributed by atoms with Crippen LogP contribution in [0.15, 0.2) is 24.5 Å². The summed E-state index contributed by atoms with van der Waals surface area (Å²) in [4.78, 5) is 13.5. The number of anilines is 2. The monoisotopic (exact) mass is 415 g/mol. The van der Waals surface area contributed by atoms with Crippen molar-refractivity contribution in [2.24, 2.45) is 11.7 Å². The first kappa shape index (κ1) is 20.3. The van der Waals surface area contributed by atoms with Crippen LogP contribution in [0.1, 0.15) is 38.5 Å². The summed E-state index contributed by atoms with van der Waals surface area (Å²) in [6, 6.07) is 4.64. The first-order valence-electron chi connectivity index (χ1n) is 10.6. The van der Waals surface area contributed by atoms with Gasteiger partial charge in [0.05, 0.1) is 16.9 Å². The Hall–Kier alpha value is -1.96. The number of hydrogen-bond donors (Lipinski definition) is 4. The Balaban J connectivity index is 1.44. The lowest BCUT2D eigenvalue weighted by molar-refractivity contribution is 0.389. The molecule has 156 valence electrons. The molecule has 0 amide bonds. The number of halogens is 1. The van der Waals surface area contributed by atoms with Crippen molar-refractivity contribution in [3.05, 3.63) is 29.5 Å². The zero-order valence-corrected chi connectivity index (χ0v) is 17.5. The topological polar surface area (TPSA) is 101 Å². The van der Waals surface area contributed by atoms with Crippen LogP contribution >= 0.6 is 11.6 Å². The second-order valence-electron chi connectivity index (χ2n) is 8.15. The summed E-state index contributed by atoms with van der Waals surface area (Å²) in [6.07, 6.45) is 10.0. The summed E-state index contributed by atoms with van der Waals surface area (Å²) in [7, 11) is 0. The third-order valence-corrected chi connectivity index (χ3v) is 6.19. The molecule has 2 fully saturated rings. The van der Waals surface area contributed by atoms with Crippen LogP contribution < -0.4 is 21.7 Å². The van der Waals surface area contributed by atoms with Crippen molar-refractivity contribution in [2.45, 2.75) is 50.6 Å². The molecule has 1 saturated carbocycles. The summed E-state index contributed by atoms with van der Waals surface area (Å²) < 4.78 is 0. The Bertz CT molecular complexity index is 801. The highest BCUT2D eigenvalue weighted by atomic mass is 35.5. The van der Waals surface area contributed by atoms with Gasteiger partial charge in [0, 0.05) is 30.4 Å². The highest BCUT2D eigenvalue weighted by molar-refractivity contribution is 6.32. The van der Waals surface area contributed by atoms with Crippen LogP contribution in [0, 0.1) is 5.92 Å². The molecular formula is C21H30ClN7. The Morgan fingerprint density at radius 3 is 2.69 bits per heavy atom. The van der Waals surface area contributed by atoms with Crippen molar-refractivity contribution >= 4 is 23.4 Å². The van der Waals surface area contributed by atoms with E-state index < -0.39 is 0 Å². The Labute approximate surface area is 177 Å². The third-order valence-electron chi connectivity index (χ3n) is 5.91. The maximum atomic E-state index is 6.43. The predicted octanol–water partition coefficient (Wildman–Crippen LogP) is 3.29. The number of piperidine rings is 1. The largest absolute Gasteiger partial charge is 0.370 e. The van der Waals surface area contributed by atoms with E-state index in [2.05, 4.69) is 25.9 Å². The molecule has 7 nitrogen and oxygen atoms in total. The van der Waals surface area contributed by atoms with Gasteiger partial charge in [0.1, 0.15) is 5.82 Å². The van der Waals surface area contributed by atoms with Gasteiger partial charge >= 0.3 is 0 Å². The molecular weight excluding hydrogens is 386 g/mol. The molecule has 2 aromatic heterocycles. The van der Waals surface area contributed by atoms with E-state index in [1.165, 1.54) is 12.8 Å². The lowest BCUT2D eigenvalue weighted by Gasteiger charge is -2.26. The van der Waals surface area contributed by atoms with Gasteiger partial charge in [-0.15, -0.1) is 0 Å². The number of hydrogen-bond acceptors (Lipinski definition) is 7. The minimum atomic E-state index is 0.322. The zero-order valence-electron chi connectivity index (χ0n) is 16.7. The van der Waals surface area contributed by atoms with Crippen LogP contribution in [0.4, 0.5) is 11.8 Å². The Morgan fingerprint density at radius 2 is 1.90 bits per heavy atom. The van der Waals surface area contributed by atoms with Crippen molar-refractivity contribution in [1.82, 2.24) is 20.3 Å². The van der Waals surface area contributed by atoms with Crippen molar-refractivity contribution in [3.8, 4) is 11.3 Å². The van der Waals surface area contributed by atoms with Gasteiger partial charge in [-0.05, 0) is 69.7 Å². The summed E-state index contributed by atoms with van der Waals surface area (Å²) in [5.41, 5.74) is 7.67. The van der Waals surface area contributed by atoms with Gasteiger partial charge in [0.2, 0.25) is 5.95 Å². The zero-order chi connectivity index (χ0) is 20.1. The van der Waals surface area contributed by atoms with Gasteiger partial charge in [-0.1, -0.05) is 11.6 Å². The highest BCUT2D eigenvalue weighted by Crippen LogP contribution is 2.28. The average Bonchev–Trinajstić information content (AvgIpc) is 2.76. The first-order chi connectivity index (χ1) is 14.2. The van der Waals surface area contributed by atoms with Gasteiger partial charge in [-0.3, -0.25) is 0 Å². The lowest BCUT2D eigenvalue weighted by atomic mass is 9.92. The van der Waals surface area contributed by atoms with Crippen LogP contribution in [0.2, 0.25) is 5.02 Å². The molecule has 5 N–H and O–H groups in total. The molecule has 29 heavy (non-hydrogen) atoms. The summed E-state index contributed by atoms with van der Waals surface area (Å²) in [5, 5.41) is 10.9. The van der Waals surface area contributed by atoms with E-state index in [-0.39, 0.29) is 0 Å². The van der Waals surface area contributed by atoms with E-state index in [9.17, 15) is 0 Å². The van der Waals surface area contributed by atoms with Crippen LogP contribution in [-0.4, -0.2) is 46.7 Å². The van der Waals surface area contributed by atoms with Gasteiger partial charge < -0.3 is 21.7 Å². The molecule has 4 rings (SSSR count). The number of nitrogens with one attached hydrogen (secondary N) is 3. The Morgan fingerprint density at radius 1 is 1.10 bits per heavy atom. The third kappa shape index (κ3) is 5.56. The molecule has 1 saturated heterocycles. The molecule has 0 spiro atoms. The predicted molar refractivity (Wildman–Crippen MR) is 118 cm³/mol. The maximum absolute atomic E-state index is 6.43. The number of nitrogens with zero attached hydrogens (tertiary/aromatic N) is 3.